The molecule has 0 aromatic carbocycles. The highest BCUT2D eigenvalue weighted by Gasteiger charge is 2.11. The van der Waals surface area contributed by atoms with Gasteiger partial charge in [0.25, 0.3) is 0 Å². The Hall–Kier alpha value is -0.560. The van der Waals surface area contributed by atoms with E-state index in [2.05, 4.69) is 25.2 Å². The third-order valence-corrected chi connectivity index (χ3v) is 1.92. The van der Waals surface area contributed by atoms with Gasteiger partial charge in [0.2, 0.25) is 0 Å². The van der Waals surface area contributed by atoms with Gasteiger partial charge in [0.05, 0.1) is 0 Å². The van der Waals surface area contributed by atoms with Crippen LogP contribution in [0.25, 0.3) is 0 Å². The molecule has 0 bridgehead atoms. The number of rotatable bonds is 2. The van der Waals surface area contributed by atoms with Crippen LogP contribution in [-0.4, -0.2) is 6.04 Å². The largest absolute Gasteiger partial charge is 0.324 e. The molecule has 0 aromatic heterocycles. The molecule has 1 aliphatic rings. The summed E-state index contributed by atoms with van der Waals surface area (Å²) < 4.78 is 0. The van der Waals surface area contributed by atoms with E-state index in [0.29, 0.717) is 5.92 Å². The first-order chi connectivity index (χ1) is 4.84. The van der Waals surface area contributed by atoms with Crippen molar-refractivity contribution in [3.05, 3.63) is 24.3 Å². The van der Waals surface area contributed by atoms with Crippen molar-refractivity contribution in [2.24, 2.45) is 11.7 Å². The molecule has 1 rings (SSSR count). The number of hydrogen-bond donors (Lipinski definition) is 1. The van der Waals surface area contributed by atoms with Crippen molar-refractivity contribution >= 4 is 0 Å². The van der Waals surface area contributed by atoms with Gasteiger partial charge in [0, 0.05) is 6.04 Å². The minimum absolute atomic E-state index is 0.255. The minimum atomic E-state index is 0.255. The molecule has 0 amide bonds. The van der Waals surface area contributed by atoms with E-state index in [1.165, 1.54) is 12.8 Å². The maximum absolute atomic E-state index is 5.83. The maximum Gasteiger partial charge on any atom is 0.0290 e. The van der Waals surface area contributed by atoms with Crippen LogP contribution in [0, 0.1) is 5.92 Å². The molecule has 0 heterocycles. The molecule has 1 heteroatoms. The van der Waals surface area contributed by atoms with Crippen molar-refractivity contribution in [3.8, 4) is 0 Å². The molecular formula is C9H15N. The quantitative estimate of drug-likeness (QED) is 0.617. The first-order valence-corrected chi connectivity index (χ1v) is 3.95. The second kappa shape index (κ2) is 3.57. The van der Waals surface area contributed by atoms with E-state index in [-0.39, 0.29) is 6.04 Å². The summed E-state index contributed by atoms with van der Waals surface area (Å²) in [6.07, 6.45) is 10.8. The second-order valence-corrected chi connectivity index (χ2v) is 2.80. The van der Waals surface area contributed by atoms with Crippen molar-refractivity contribution < 1.29 is 0 Å². The van der Waals surface area contributed by atoms with Crippen LogP contribution in [0.5, 0.6) is 0 Å². The fraction of sp³-hybridized carbons (Fsp3) is 0.556. The lowest BCUT2D eigenvalue weighted by Crippen LogP contribution is -2.27. The summed E-state index contributed by atoms with van der Waals surface area (Å²) >= 11 is 0. The van der Waals surface area contributed by atoms with E-state index in [0.717, 1.165) is 0 Å². The van der Waals surface area contributed by atoms with Gasteiger partial charge in [0.1, 0.15) is 0 Å². The fourth-order valence-electron chi connectivity index (χ4n) is 1.29. The number of nitrogens with two attached hydrogens (primary N) is 1. The summed E-state index contributed by atoms with van der Waals surface area (Å²) in [5.74, 6) is 0.579. The molecule has 0 saturated heterocycles. The minimum Gasteiger partial charge on any atom is -0.324 e. The predicted octanol–water partition coefficient (Wildman–Crippen LogP) is 1.86. The molecule has 10 heavy (non-hydrogen) atoms. The average Bonchev–Trinajstić information content (AvgIpc) is 1.94. The molecule has 0 radical (unpaired) electrons. The average molecular weight is 137 g/mol. The highest BCUT2D eigenvalue weighted by molar-refractivity contribution is 5.16. The van der Waals surface area contributed by atoms with Crippen LogP contribution >= 0.6 is 0 Å². The predicted molar refractivity (Wildman–Crippen MR) is 44.7 cm³/mol. The van der Waals surface area contributed by atoms with Crippen molar-refractivity contribution in [2.75, 3.05) is 0 Å². The molecule has 0 fully saturated rings. The normalized spacial score (nSPS) is 31.0. The standard InChI is InChI=1S/C9H15N/c1-2-5-8-6-3-4-7-9(8)10/h3-4,6-9H,2,5,10H2,1H3. The van der Waals surface area contributed by atoms with E-state index in [1.807, 2.05) is 6.08 Å². The van der Waals surface area contributed by atoms with Gasteiger partial charge in [-0.3, -0.25) is 0 Å². The maximum atomic E-state index is 5.83. The summed E-state index contributed by atoms with van der Waals surface area (Å²) in [5, 5.41) is 0. The van der Waals surface area contributed by atoms with E-state index >= 15 is 0 Å². The third-order valence-electron chi connectivity index (χ3n) is 1.92. The molecule has 0 aromatic rings. The van der Waals surface area contributed by atoms with Gasteiger partial charge in [-0.05, 0) is 12.3 Å². The monoisotopic (exact) mass is 137 g/mol. The summed E-state index contributed by atoms with van der Waals surface area (Å²) in [4.78, 5) is 0. The van der Waals surface area contributed by atoms with Gasteiger partial charge in [0.15, 0.2) is 0 Å². The van der Waals surface area contributed by atoms with Gasteiger partial charge in [-0.1, -0.05) is 37.6 Å². The van der Waals surface area contributed by atoms with Crippen LogP contribution in [0.2, 0.25) is 0 Å². The Morgan fingerprint density at radius 3 is 2.60 bits per heavy atom. The molecule has 1 aliphatic carbocycles. The highest BCUT2D eigenvalue weighted by atomic mass is 14.6. The number of hydrogen-bond acceptors (Lipinski definition) is 1. The van der Waals surface area contributed by atoms with Crippen molar-refractivity contribution in [1.29, 1.82) is 0 Å². The Morgan fingerprint density at radius 1 is 1.30 bits per heavy atom. The molecule has 2 N–H and O–H groups in total. The fourth-order valence-corrected chi connectivity index (χ4v) is 1.29. The zero-order valence-electron chi connectivity index (χ0n) is 6.46. The summed E-state index contributed by atoms with van der Waals surface area (Å²) in [6.45, 7) is 2.19. The molecule has 2 unspecified atom stereocenters. The molecular weight excluding hydrogens is 122 g/mol. The molecule has 1 nitrogen and oxygen atoms in total. The Labute approximate surface area is 62.6 Å². The van der Waals surface area contributed by atoms with E-state index in [1.54, 1.807) is 0 Å². The zero-order valence-corrected chi connectivity index (χ0v) is 6.46. The Bertz CT molecular complexity index is 147. The molecule has 2 atom stereocenters. The smallest absolute Gasteiger partial charge is 0.0290 e. The first kappa shape index (κ1) is 7.55. The molecule has 0 aliphatic heterocycles. The van der Waals surface area contributed by atoms with E-state index in [9.17, 15) is 0 Å². The lowest BCUT2D eigenvalue weighted by Gasteiger charge is -2.18. The van der Waals surface area contributed by atoms with E-state index < -0.39 is 0 Å². The molecule has 0 saturated carbocycles. The van der Waals surface area contributed by atoms with Crippen LogP contribution in [0.15, 0.2) is 24.3 Å². The lowest BCUT2D eigenvalue weighted by molar-refractivity contribution is 0.520. The van der Waals surface area contributed by atoms with Crippen molar-refractivity contribution in [2.45, 2.75) is 25.8 Å². The van der Waals surface area contributed by atoms with Crippen molar-refractivity contribution in [3.63, 3.8) is 0 Å². The Morgan fingerprint density at radius 2 is 2.00 bits per heavy atom. The lowest BCUT2D eigenvalue weighted by atomic mass is 9.92. The Balaban J connectivity index is 2.44. The van der Waals surface area contributed by atoms with E-state index in [4.69, 9.17) is 5.73 Å². The summed E-state index contributed by atoms with van der Waals surface area (Å²) in [6, 6.07) is 0.255. The second-order valence-electron chi connectivity index (χ2n) is 2.80. The van der Waals surface area contributed by atoms with Gasteiger partial charge >= 0.3 is 0 Å². The van der Waals surface area contributed by atoms with Crippen LogP contribution in [0.1, 0.15) is 19.8 Å². The number of allylic oxidation sites excluding steroid dienone is 2. The summed E-state index contributed by atoms with van der Waals surface area (Å²) in [5.41, 5.74) is 5.83. The van der Waals surface area contributed by atoms with Crippen LogP contribution in [0.4, 0.5) is 0 Å². The van der Waals surface area contributed by atoms with Crippen LogP contribution in [-0.2, 0) is 0 Å². The SMILES string of the molecule is CCCC1C=CC=CC1N. The Kier molecular flexibility index (Phi) is 2.69. The van der Waals surface area contributed by atoms with Crippen LogP contribution < -0.4 is 5.73 Å². The van der Waals surface area contributed by atoms with Crippen LogP contribution in [0.3, 0.4) is 0 Å². The first-order valence-electron chi connectivity index (χ1n) is 3.95. The molecule has 56 valence electrons. The topological polar surface area (TPSA) is 26.0 Å². The zero-order chi connectivity index (χ0) is 7.40. The van der Waals surface area contributed by atoms with Crippen molar-refractivity contribution in [1.82, 2.24) is 0 Å². The summed E-state index contributed by atoms with van der Waals surface area (Å²) in [7, 11) is 0. The highest BCUT2D eigenvalue weighted by Crippen LogP contribution is 2.15. The van der Waals surface area contributed by atoms with Gasteiger partial charge < -0.3 is 5.73 Å². The van der Waals surface area contributed by atoms with Gasteiger partial charge in [-0.2, -0.15) is 0 Å². The van der Waals surface area contributed by atoms with Gasteiger partial charge in [-0.25, -0.2) is 0 Å². The van der Waals surface area contributed by atoms with Gasteiger partial charge in [-0.15, -0.1) is 0 Å². The third kappa shape index (κ3) is 1.71. The molecule has 0 spiro atoms.